The molecule has 4 nitrogen and oxygen atoms in total. The van der Waals surface area contributed by atoms with Crippen LogP contribution in [0.5, 0.6) is 0 Å². The van der Waals surface area contributed by atoms with Crippen molar-refractivity contribution in [3.63, 3.8) is 0 Å². The molecule has 0 aliphatic heterocycles. The van der Waals surface area contributed by atoms with Crippen LogP contribution >= 0.6 is 0 Å². The zero-order valence-electron chi connectivity index (χ0n) is 10.4. The summed E-state index contributed by atoms with van der Waals surface area (Å²) >= 11 is 0. The fourth-order valence-electron chi connectivity index (χ4n) is 2.30. The van der Waals surface area contributed by atoms with Gasteiger partial charge in [-0.25, -0.2) is 5.84 Å². The Morgan fingerprint density at radius 3 is 2.53 bits per heavy atom. The van der Waals surface area contributed by atoms with Crippen LogP contribution in [0.2, 0.25) is 0 Å². The summed E-state index contributed by atoms with van der Waals surface area (Å²) in [4.78, 5) is 4.68. The number of hydrogen-bond donors (Lipinski definition) is 2. The number of hydrazine groups is 1. The SMILES string of the molecule is Cc1ccc(C(=NC2CCCCCC2)NN)o1. The fourth-order valence-corrected chi connectivity index (χ4v) is 2.30. The van der Waals surface area contributed by atoms with Crippen molar-refractivity contribution in [2.75, 3.05) is 0 Å². The number of nitrogens with zero attached hydrogens (tertiary/aromatic N) is 1. The highest BCUT2D eigenvalue weighted by Crippen LogP contribution is 2.20. The molecule has 0 atom stereocenters. The third-order valence-electron chi connectivity index (χ3n) is 3.25. The molecule has 1 aliphatic rings. The molecule has 0 saturated heterocycles. The van der Waals surface area contributed by atoms with Crippen LogP contribution in [0, 0.1) is 6.92 Å². The summed E-state index contributed by atoms with van der Waals surface area (Å²) in [6, 6.07) is 4.22. The van der Waals surface area contributed by atoms with Gasteiger partial charge in [0.25, 0.3) is 0 Å². The van der Waals surface area contributed by atoms with E-state index in [0.29, 0.717) is 11.9 Å². The normalized spacial score (nSPS) is 19.1. The van der Waals surface area contributed by atoms with Crippen molar-refractivity contribution in [3.05, 3.63) is 23.7 Å². The van der Waals surface area contributed by atoms with Gasteiger partial charge in [-0.3, -0.25) is 4.99 Å². The van der Waals surface area contributed by atoms with Crippen LogP contribution in [0.1, 0.15) is 50.0 Å². The minimum Gasteiger partial charge on any atom is -0.458 e. The van der Waals surface area contributed by atoms with Gasteiger partial charge in [-0.2, -0.15) is 0 Å². The third-order valence-corrected chi connectivity index (χ3v) is 3.25. The summed E-state index contributed by atoms with van der Waals surface area (Å²) < 4.78 is 5.54. The van der Waals surface area contributed by atoms with Gasteiger partial charge in [0.05, 0.1) is 6.04 Å². The first-order chi connectivity index (χ1) is 8.29. The average Bonchev–Trinajstić information content (AvgIpc) is 2.62. The molecule has 1 saturated carbocycles. The summed E-state index contributed by atoms with van der Waals surface area (Å²) in [5.74, 6) is 7.81. The lowest BCUT2D eigenvalue weighted by Gasteiger charge is -2.11. The highest BCUT2D eigenvalue weighted by atomic mass is 16.3. The van der Waals surface area contributed by atoms with E-state index in [1.807, 2.05) is 19.1 Å². The molecule has 1 heterocycles. The van der Waals surface area contributed by atoms with E-state index < -0.39 is 0 Å². The Kier molecular flexibility index (Phi) is 4.20. The van der Waals surface area contributed by atoms with Crippen LogP contribution in [0.15, 0.2) is 21.5 Å². The Morgan fingerprint density at radius 2 is 2.00 bits per heavy atom. The van der Waals surface area contributed by atoms with Gasteiger partial charge in [0.1, 0.15) is 5.76 Å². The Labute approximate surface area is 102 Å². The molecule has 1 aliphatic carbocycles. The number of rotatable bonds is 2. The van der Waals surface area contributed by atoms with Gasteiger partial charge in [-0.1, -0.05) is 25.7 Å². The highest BCUT2D eigenvalue weighted by molar-refractivity contribution is 5.96. The maximum Gasteiger partial charge on any atom is 0.179 e. The van der Waals surface area contributed by atoms with Gasteiger partial charge in [-0.05, 0) is 31.9 Å². The van der Waals surface area contributed by atoms with Gasteiger partial charge in [0, 0.05) is 0 Å². The van der Waals surface area contributed by atoms with E-state index in [4.69, 9.17) is 10.3 Å². The molecule has 0 amide bonds. The fraction of sp³-hybridized carbons (Fsp3) is 0.615. The van der Waals surface area contributed by atoms with Crippen LogP contribution in [-0.4, -0.2) is 11.9 Å². The van der Waals surface area contributed by atoms with E-state index in [9.17, 15) is 0 Å². The summed E-state index contributed by atoms with van der Waals surface area (Å²) in [6.07, 6.45) is 7.51. The first-order valence-corrected chi connectivity index (χ1v) is 6.41. The van der Waals surface area contributed by atoms with Crippen molar-refractivity contribution in [3.8, 4) is 0 Å². The minimum atomic E-state index is 0.383. The second kappa shape index (κ2) is 5.87. The largest absolute Gasteiger partial charge is 0.458 e. The number of hydrogen-bond acceptors (Lipinski definition) is 3. The number of furan rings is 1. The summed E-state index contributed by atoms with van der Waals surface area (Å²) in [5.41, 5.74) is 2.66. The van der Waals surface area contributed by atoms with Crippen molar-refractivity contribution in [1.82, 2.24) is 5.43 Å². The molecule has 17 heavy (non-hydrogen) atoms. The summed E-state index contributed by atoms with van der Waals surface area (Å²) in [5, 5.41) is 0. The molecule has 4 heteroatoms. The first kappa shape index (κ1) is 12.2. The maximum atomic E-state index is 5.54. The molecule has 0 bridgehead atoms. The van der Waals surface area contributed by atoms with Crippen LogP contribution in [0.3, 0.4) is 0 Å². The van der Waals surface area contributed by atoms with E-state index in [2.05, 4.69) is 10.4 Å². The van der Waals surface area contributed by atoms with E-state index in [1.54, 1.807) is 0 Å². The lowest BCUT2D eigenvalue weighted by atomic mass is 10.1. The average molecular weight is 235 g/mol. The van der Waals surface area contributed by atoms with Gasteiger partial charge in [-0.15, -0.1) is 0 Å². The van der Waals surface area contributed by atoms with E-state index in [1.165, 1.54) is 25.7 Å². The quantitative estimate of drug-likeness (QED) is 0.272. The number of aliphatic imine (C=N–C) groups is 1. The lowest BCUT2D eigenvalue weighted by Crippen LogP contribution is -2.32. The van der Waals surface area contributed by atoms with Crippen LogP contribution in [-0.2, 0) is 0 Å². The van der Waals surface area contributed by atoms with Gasteiger partial charge < -0.3 is 9.84 Å². The Morgan fingerprint density at radius 1 is 1.29 bits per heavy atom. The lowest BCUT2D eigenvalue weighted by molar-refractivity contribution is 0.518. The zero-order valence-corrected chi connectivity index (χ0v) is 10.4. The number of amidine groups is 1. The van der Waals surface area contributed by atoms with E-state index in [-0.39, 0.29) is 0 Å². The molecule has 3 N–H and O–H groups in total. The predicted octanol–water partition coefficient (Wildman–Crippen LogP) is 2.52. The highest BCUT2D eigenvalue weighted by Gasteiger charge is 2.14. The molecule has 1 fully saturated rings. The predicted molar refractivity (Wildman–Crippen MR) is 68.8 cm³/mol. The number of nitrogens with two attached hydrogens (primary N) is 1. The Balaban J connectivity index is 2.10. The standard InChI is InChI=1S/C13H21N3O/c1-10-8-9-12(17-10)13(16-14)15-11-6-4-2-3-5-7-11/h8-9,11H,2-7,14H2,1H3,(H,15,16). The van der Waals surface area contributed by atoms with Gasteiger partial charge >= 0.3 is 0 Å². The van der Waals surface area contributed by atoms with Crippen LogP contribution in [0.4, 0.5) is 0 Å². The van der Waals surface area contributed by atoms with Crippen molar-refractivity contribution >= 4 is 5.84 Å². The Hall–Kier alpha value is -1.29. The topological polar surface area (TPSA) is 63.5 Å². The van der Waals surface area contributed by atoms with Crippen LogP contribution < -0.4 is 11.3 Å². The number of aryl methyl sites for hydroxylation is 1. The van der Waals surface area contributed by atoms with E-state index >= 15 is 0 Å². The van der Waals surface area contributed by atoms with Crippen molar-refractivity contribution < 1.29 is 4.42 Å². The molecule has 0 radical (unpaired) electrons. The molecule has 1 aromatic heterocycles. The molecule has 0 aromatic carbocycles. The maximum absolute atomic E-state index is 5.54. The third kappa shape index (κ3) is 3.33. The molecule has 0 unspecified atom stereocenters. The molecule has 1 aromatic rings. The first-order valence-electron chi connectivity index (χ1n) is 6.41. The van der Waals surface area contributed by atoms with Crippen molar-refractivity contribution in [2.24, 2.45) is 10.8 Å². The second-order valence-electron chi connectivity index (χ2n) is 4.68. The molecular weight excluding hydrogens is 214 g/mol. The van der Waals surface area contributed by atoms with Gasteiger partial charge in [0.15, 0.2) is 11.6 Å². The van der Waals surface area contributed by atoms with Crippen molar-refractivity contribution in [2.45, 2.75) is 51.5 Å². The van der Waals surface area contributed by atoms with Crippen molar-refractivity contribution in [1.29, 1.82) is 0 Å². The molecule has 2 rings (SSSR count). The summed E-state index contributed by atoms with van der Waals surface area (Å²) in [7, 11) is 0. The molecule has 94 valence electrons. The molecular formula is C13H21N3O. The monoisotopic (exact) mass is 235 g/mol. The zero-order chi connectivity index (χ0) is 12.1. The van der Waals surface area contributed by atoms with Gasteiger partial charge in [0.2, 0.25) is 0 Å². The second-order valence-corrected chi connectivity index (χ2v) is 4.68. The van der Waals surface area contributed by atoms with Crippen LogP contribution in [0.25, 0.3) is 0 Å². The summed E-state index contributed by atoms with van der Waals surface area (Å²) in [6.45, 7) is 1.92. The molecule has 0 spiro atoms. The van der Waals surface area contributed by atoms with E-state index in [0.717, 1.165) is 24.4 Å². The Bertz CT molecular complexity index is 376. The smallest absolute Gasteiger partial charge is 0.179 e. The minimum absolute atomic E-state index is 0.383. The number of nitrogens with one attached hydrogen (secondary N) is 1.